The van der Waals surface area contributed by atoms with Gasteiger partial charge in [0.05, 0.1) is 50.8 Å². The summed E-state index contributed by atoms with van der Waals surface area (Å²) in [6.45, 7) is 2.89. The minimum Gasteiger partial charge on any atom is -0.493 e. The summed E-state index contributed by atoms with van der Waals surface area (Å²) in [4.78, 5) is 0. The Kier molecular flexibility index (Phi) is 9.55. The van der Waals surface area contributed by atoms with Crippen LogP contribution < -0.4 is 18.9 Å². The van der Waals surface area contributed by atoms with Crippen molar-refractivity contribution < 1.29 is 28.4 Å². The zero-order valence-electron chi connectivity index (χ0n) is 23.9. The summed E-state index contributed by atoms with van der Waals surface area (Å²) in [7, 11) is 0. The molecule has 42 heavy (non-hydrogen) atoms. The quantitative estimate of drug-likeness (QED) is 0.219. The van der Waals surface area contributed by atoms with Gasteiger partial charge in [-0.3, -0.25) is 0 Å². The summed E-state index contributed by atoms with van der Waals surface area (Å²) in [5.41, 5.74) is 3.90. The van der Waals surface area contributed by atoms with Gasteiger partial charge < -0.3 is 28.4 Å². The first kappa shape index (κ1) is 28.1. The Balaban J connectivity index is 1.33. The van der Waals surface area contributed by atoms with Crippen LogP contribution in [0, 0.1) is 0 Å². The van der Waals surface area contributed by atoms with E-state index in [2.05, 4.69) is 24.3 Å². The molecule has 0 saturated heterocycles. The summed E-state index contributed by atoms with van der Waals surface area (Å²) in [5.74, 6) is 2.95. The van der Waals surface area contributed by atoms with E-state index in [1.807, 2.05) is 72.8 Å². The fourth-order valence-corrected chi connectivity index (χ4v) is 5.37. The lowest BCUT2D eigenvalue weighted by Gasteiger charge is -2.33. The first-order valence-corrected chi connectivity index (χ1v) is 14.9. The fraction of sp³-hybridized carbons (Fsp3) is 0.333. The van der Waals surface area contributed by atoms with E-state index >= 15 is 0 Å². The van der Waals surface area contributed by atoms with Crippen molar-refractivity contribution in [2.45, 2.75) is 51.1 Å². The molecule has 2 aliphatic heterocycles. The zero-order valence-corrected chi connectivity index (χ0v) is 23.9. The number of rotatable bonds is 8. The first-order chi connectivity index (χ1) is 20.8. The standard InChI is InChI=1S/C36H38O6/c1-2-10-22-40-30-18-12-20-32-36(30)35-29(39-21-9-1)17-11-19-31(35)41-33(25-37-23-27-13-5-3-6-14-27)34(42-32)26-38-24-28-15-7-4-8-16-28/h3-8,11-20,33-34H,1-2,9-10,21-26H2/t33-,34-/m1/s1. The van der Waals surface area contributed by atoms with Crippen LogP contribution in [0.25, 0.3) is 11.1 Å². The van der Waals surface area contributed by atoms with Crippen molar-refractivity contribution in [3.63, 3.8) is 0 Å². The highest BCUT2D eigenvalue weighted by Crippen LogP contribution is 2.49. The molecule has 0 unspecified atom stereocenters. The van der Waals surface area contributed by atoms with E-state index in [0.717, 1.165) is 59.4 Å². The van der Waals surface area contributed by atoms with Crippen molar-refractivity contribution in [2.75, 3.05) is 26.4 Å². The van der Waals surface area contributed by atoms with Gasteiger partial charge in [0.25, 0.3) is 0 Å². The van der Waals surface area contributed by atoms with E-state index in [0.29, 0.717) is 51.1 Å². The van der Waals surface area contributed by atoms with Crippen molar-refractivity contribution in [2.24, 2.45) is 0 Å². The molecule has 0 spiro atoms. The van der Waals surface area contributed by atoms with E-state index in [4.69, 9.17) is 28.4 Å². The third kappa shape index (κ3) is 7.07. The third-order valence-corrected chi connectivity index (χ3v) is 7.54. The van der Waals surface area contributed by atoms with E-state index in [1.165, 1.54) is 0 Å². The average Bonchev–Trinajstić information content (AvgIpc) is 3.01. The molecule has 0 saturated carbocycles. The van der Waals surface area contributed by atoms with Crippen molar-refractivity contribution >= 4 is 0 Å². The van der Waals surface area contributed by atoms with Gasteiger partial charge in [0, 0.05) is 0 Å². The normalized spacial score (nSPS) is 18.3. The summed E-state index contributed by atoms with van der Waals surface area (Å²) in [6.07, 6.45) is 3.33. The fourth-order valence-electron chi connectivity index (χ4n) is 5.37. The first-order valence-electron chi connectivity index (χ1n) is 14.9. The molecule has 218 valence electrons. The molecule has 4 aromatic rings. The molecule has 0 amide bonds. The van der Waals surface area contributed by atoms with Gasteiger partial charge in [-0.1, -0.05) is 72.8 Å². The van der Waals surface area contributed by atoms with E-state index < -0.39 is 12.2 Å². The molecule has 0 fully saturated rings. The molecule has 4 aromatic carbocycles. The molecule has 0 bridgehead atoms. The Labute approximate surface area is 248 Å². The third-order valence-electron chi connectivity index (χ3n) is 7.54. The van der Waals surface area contributed by atoms with Crippen LogP contribution in [-0.4, -0.2) is 38.6 Å². The van der Waals surface area contributed by atoms with Crippen molar-refractivity contribution in [3.05, 3.63) is 108 Å². The van der Waals surface area contributed by atoms with Gasteiger partial charge in [0.1, 0.15) is 23.0 Å². The molecule has 2 heterocycles. The molecule has 6 heteroatoms. The largest absolute Gasteiger partial charge is 0.493 e. The molecule has 0 N–H and O–H groups in total. The van der Waals surface area contributed by atoms with Gasteiger partial charge in [-0.05, 0) is 61.1 Å². The van der Waals surface area contributed by atoms with Crippen molar-refractivity contribution in [1.29, 1.82) is 0 Å². The molecule has 2 aliphatic rings. The van der Waals surface area contributed by atoms with Crippen LogP contribution >= 0.6 is 0 Å². The van der Waals surface area contributed by atoms with Crippen molar-refractivity contribution in [1.82, 2.24) is 0 Å². The second kappa shape index (κ2) is 14.3. The maximum absolute atomic E-state index is 6.78. The number of benzene rings is 4. The molecule has 6 rings (SSSR count). The van der Waals surface area contributed by atoms with Crippen LogP contribution in [0.1, 0.15) is 36.8 Å². The number of hydrogen-bond acceptors (Lipinski definition) is 6. The van der Waals surface area contributed by atoms with Gasteiger partial charge in [-0.2, -0.15) is 0 Å². The summed E-state index contributed by atoms with van der Waals surface area (Å²) in [6, 6.07) is 32.2. The Morgan fingerprint density at radius 3 is 1.36 bits per heavy atom. The van der Waals surface area contributed by atoms with E-state index in [1.54, 1.807) is 0 Å². The highest BCUT2D eigenvalue weighted by atomic mass is 16.6. The van der Waals surface area contributed by atoms with Gasteiger partial charge in [-0.15, -0.1) is 0 Å². The monoisotopic (exact) mass is 566 g/mol. The van der Waals surface area contributed by atoms with Crippen LogP contribution in [0.4, 0.5) is 0 Å². The van der Waals surface area contributed by atoms with Crippen molar-refractivity contribution in [3.8, 4) is 34.1 Å². The summed E-state index contributed by atoms with van der Waals surface area (Å²) in [5, 5.41) is 0. The Morgan fingerprint density at radius 2 is 0.905 bits per heavy atom. The van der Waals surface area contributed by atoms with Crippen LogP contribution in [-0.2, 0) is 22.7 Å². The summed E-state index contributed by atoms with van der Waals surface area (Å²) >= 11 is 0. The van der Waals surface area contributed by atoms with Gasteiger partial charge in [0.2, 0.25) is 0 Å². The van der Waals surface area contributed by atoms with Crippen LogP contribution in [0.5, 0.6) is 23.0 Å². The van der Waals surface area contributed by atoms with Crippen LogP contribution in [0.3, 0.4) is 0 Å². The molecule has 6 nitrogen and oxygen atoms in total. The summed E-state index contributed by atoms with van der Waals surface area (Å²) < 4.78 is 38.7. The number of ether oxygens (including phenoxy) is 6. The minimum atomic E-state index is -0.435. The van der Waals surface area contributed by atoms with Crippen LogP contribution in [0.2, 0.25) is 0 Å². The second-order valence-electron chi connectivity index (χ2n) is 10.7. The van der Waals surface area contributed by atoms with E-state index in [-0.39, 0.29) is 0 Å². The highest BCUT2D eigenvalue weighted by Gasteiger charge is 2.33. The van der Waals surface area contributed by atoms with Crippen LogP contribution in [0.15, 0.2) is 97.1 Å². The predicted octanol–water partition coefficient (Wildman–Crippen LogP) is 7.63. The lowest BCUT2D eigenvalue weighted by Crippen LogP contribution is -2.44. The molecule has 0 aliphatic carbocycles. The average molecular weight is 567 g/mol. The maximum Gasteiger partial charge on any atom is 0.161 e. The Bertz CT molecular complexity index is 1300. The maximum atomic E-state index is 6.78. The molecular formula is C36H38O6. The Hall–Kier alpha value is -4.00. The van der Waals surface area contributed by atoms with Gasteiger partial charge in [0.15, 0.2) is 12.2 Å². The SMILES string of the molecule is c1ccc(COC[C@H]2Oc3cccc4c3-c3c(cccc3O[C@@H]2COCc2ccccc2)OCCCCCCO4)cc1. The molecule has 0 radical (unpaired) electrons. The van der Waals surface area contributed by atoms with E-state index in [9.17, 15) is 0 Å². The highest BCUT2D eigenvalue weighted by molar-refractivity contribution is 5.85. The second-order valence-corrected chi connectivity index (χ2v) is 10.7. The lowest BCUT2D eigenvalue weighted by molar-refractivity contribution is -0.0553. The Morgan fingerprint density at radius 1 is 0.476 bits per heavy atom. The molecular weight excluding hydrogens is 528 g/mol. The molecule has 2 atom stereocenters. The smallest absolute Gasteiger partial charge is 0.161 e. The zero-order chi connectivity index (χ0) is 28.4. The van der Waals surface area contributed by atoms with Gasteiger partial charge >= 0.3 is 0 Å². The number of hydrogen-bond donors (Lipinski definition) is 0. The van der Waals surface area contributed by atoms with Gasteiger partial charge in [-0.25, -0.2) is 0 Å². The topological polar surface area (TPSA) is 55.4 Å². The molecule has 0 aromatic heterocycles. The lowest BCUT2D eigenvalue weighted by atomic mass is 9.99. The minimum absolute atomic E-state index is 0.324. The predicted molar refractivity (Wildman–Crippen MR) is 162 cm³/mol.